The van der Waals surface area contributed by atoms with Crippen LogP contribution in [0.5, 0.6) is 0 Å². The Labute approximate surface area is 83.1 Å². The largest absolute Gasteiger partial charge is 0.343 e. The summed E-state index contributed by atoms with van der Waals surface area (Å²) in [7, 11) is 0. The number of hydrogen-bond donors (Lipinski definition) is 0. The third kappa shape index (κ3) is 1.11. The van der Waals surface area contributed by atoms with Crippen LogP contribution in [0.4, 0.5) is 0 Å². The van der Waals surface area contributed by atoms with Gasteiger partial charge in [-0.2, -0.15) is 0 Å². The van der Waals surface area contributed by atoms with E-state index in [0.717, 1.165) is 12.0 Å². The molecular weight excluding hydrogens is 176 g/mol. The topological polar surface area (TPSA) is 18.5 Å². The van der Waals surface area contributed by atoms with Crippen molar-refractivity contribution in [2.75, 3.05) is 6.61 Å². The van der Waals surface area contributed by atoms with Crippen LogP contribution in [0.2, 0.25) is 0 Å². The zero-order valence-electron chi connectivity index (χ0n) is 7.90. The van der Waals surface area contributed by atoms with Crippen LogP contribution in [-0.2, 0) is 9.47 Å². The molecule has 0 amide bonds. The lowest BCUT2D eigenvalue weighted by Gasteiger charge is -2.09. The summed E-state index contributed by atoms with van der Waals surface area (Å²) in [5, 5.41) is 0. The molecule has 1 saturated carbocycles. The minimum absolute atomic E-state index is 0.0791. The molecule has 0 radical (unpaired) electrons. The van der Waals surface area contributed by atoms with E-state index in [4.69, 9.17) is 9.47 Å². The molecule has 1 aromatic rings. The molecule has 2 atom stereocenters. The van der Waals surface area contributed by atoms with Gasteiger partial charge in [-0.1, -0.05) is 36.9 Å². The maximum Gasteiger partial charge on any atom is 0.195 e. The predicted molar refractivity (Wildman–Crippen MR) is 52.7 cm³/mol. The first-order valence-electron chi connectivity index (χ1n) is 4.85. The molecule has 2 aliphatic rings. The molecular formula is C12H12O2. The van der Waals surface area contributed by atoms with Crippen molar-refractivity contribution in [1.29, 1.82) is 0 Å². The Morgan fingerprint density at radius 2 is 2.00 bits per heavy atom. The van der Waals surface area contributed by atoms with E-state index < -0.39 is 5.79 Å². The summed E-state index contributed by atoms with van der Waals surface area (Å²) < 4.78 is 11.4. The van der Waals surface area contributed by atoms with Gasteiger partial charge in [0.2, 0.25) is 0 Å². The highest BCUT2D eigenvalue weighted by molar-refractivity contribution is 5.31. The predicted octanol–water partition coefficient (Wildman–Crippen LogP) is 2.43. The molecule has 1 aromatic carbocycles. The van der Waals surface area contributed by atoms with Gasteiger partial charge < -0.3 is 9.47 Å². The van der Waals surface area contributed by atoms with E-state index in [9.17, 15) is 0 Å². The van der Waals surface area contributed by atoms with Crippen molar-refractivity contribution in [2.45, 2.75) is 18.3 Å². The smallest absolute Gasteiger partial charge is 0.195 e. The van der Waals surface area contributed by atoms with Crippen molar-refractivity contribution in [3.63, 3.8) is 0 Å². The van der Waals surface area contributed by atoms with Crippen LogP contribution in [0.15, 0.2) is 42.5 Å². The molecule has 14 heavy (non-hydrogen) atoms. The highest BCUT2D eigenvalue weighted by Gasteiger charge is 2.56. The summed E-state index contributed by atoms with van der Waals surface area (Å²) in [6.45, 7) is 4.52. The second-order valence-electron chi connectivity index (χ2n) is 3.86. The molecule has 1 saturated heterocycles. The average molecular weight is 188 g/mol. The molecule has 1 aliphatic heterocycles. The zero-order chi connectivity index (χ0) is 9.60. The molecule has 2 heteroatoms. The average Bonchev–Trinajstić information content (AvgIpc) is 2.66. The minimum atomic E-state index is -0.416. The highest BCUT2D eigenvalue weighted by atomic mass is 16.8. The number of ether oxygens (including phenoxy) is 2. The second kappa shape index (κ2) is 2.69. The lowest BCUT2D eigenvalue weighted by atomic mass is 10.1. The van der Waals surface area contributed by atoms with Crippen molar-refractivity contribution in [2.24, 2.45) is 0 Å². The fraction of sp³-hybridized carbons (Fsp3) is 0.333. The molecule has 1 heterocycles. The first-order valence-corrected chi connectivity index (χ1v) is 4.85. The van der Waals surface area contributed by atoms with Gasteiger partial charge in [-0.15, -0.1) is 0 Å². The standard InChI is InChI=1S/C12H12O2/c1-9-7-12(9)13-8-11(14-12)10-5-3-2-4-6-10/h2-6,11H,1,7-8H2. The number of hydrogen-bond acceptors (Lipinski definition) is 2. The molecule has 1 aliphatic carbocycles. The van der Waals surface area contributed by atoms with Gasteiger partial charge >= 0.3 is 0 Å². The summed E-state index contributed by atoms with van der Waals surface area (Å²) in [4.78, 5) is 0. The van der Waals surface area contributed by atoms with E-state index in [-0.39, 0.29) is 6.10 Å². The van der Waals surface area contributed by atoms with Gasteiger partial charge in [-0.25, -0.2) is 0 Å². The van der Waals surface area contributed by atoms with E-state index in [1.807, 2.05) is 18.2 Å². The molecule has 72 valence electrons. The maximum absolute atomic E-state index is 5.84. The summed E-state index contributed by atoms with van der Waals surface area (Å²) >= 11 is 0. The van der Waals surface area contributed by atoms with E-state index in [0.29, 0.717) is 6.61 Å². The summed E-state index contributed by atoms with van der Waals surface area (Å²) in [6, 6.07) is 10.2. The lowest BCUT2D eigenvalue weighted by Crippen LogP contribution is -2.08. The summed E-state index contributed by atoms with van der Waals surface area (Å²) in [5.41, 5.74) is 2.25. The maximum atomic E-state index is 5.84. The first kappa shape index (κ1) is 8.21. The van der Waals surface area contributed by atoms with Crippen LogP contribution in [0.3, 0.4) is 0 Å². The van der Waals surface area contributed by atoms with Crippen molar-refractivity contribution in [3.05, 3.63) is 48.0 Å². The summed E-state index contributed by atoms with van der Waals surface area (Å²) in [5.74, 6) is -0.416. The molecule has 2 nitrogen and oxygen atoms in total. The first-order chi connectivity index (χ1) is 6.80. The van der Waals surface area contributed by atoms with Crippen LogP contribution in [0, 0.1) is 0 Å². The Morgan fingerprint density at radius 3 is 2.57 bits per heavy atom. The molecule has 2 unspecified atom stereocenters. The molecule has 1 spiro atoms. The highest BCUT2D eigenvalue weighted by Crippen LogP contribution is 2.53. The second-order valence-corrected chi connectivity index (χ2v) is 3.86. The van der Waals surface area contributed by atoms with Crippen LogP contribution in [0.1, 0.15) is 18.1 Å². The number of rotatable bonds is 1. The van der Waals surface area contributed by atoms with Gasteiger partial charge in [0, 0.05) is 6.42 Å². The Bertz CT molecular complexity index is 371. The van der Waals surface area contributed by atoms with Crippen molar-refractivity contribution in [3.8, 4) is 0 Å². The lowest BCUT2D eigenvalue weighted by molar-refractivity contribution is -0.0718. The minimum Gasteiger partial charge on any atom is -0.343 e. The van der Waals surface area contributed by atoms with Gasteiger partial charge in [-0.05, 0) is 11.1 Å². The van der Waals surface area contributed by atoms with E-state index in [2.05, 4.69) is 18.7 Å². The Kier molecular flexibility index (Phi) is 1.58. The Morgan fingerprint density at radius 1 is 1.29 bits per heavy atom. The van der Waals surface area contributed by atoms with Crippen LogP contribution < -0.4 is 0 Å². The van der Waals surface area contributed by atoms with Gasteiger partial charge in [0.25, 0.3) is 0 Å². The third-order valence-corrected chi connectivity index (χ3v) is 2.83. The summed E-state index contributed by atoms with van der Waals surface area (Å²) in [6.07, 6.45) is 0.937. The van der Waals surface area contributed by atoms with E-state index in [1.165, 1.54) is 5.56 Å². The monoisotopic (exact) mass is 188 g/mol. The van der Waals surface area contributed by atoms with Gasteiger partial charge in [0.1, 0.15) is 6.10 Å². The van der Waals surface area contributed by atoms with Gasteiger partial charge in [0.15, 0.2) is 5.79 Å². The quantitative estimate of drug-likeness (QED) is 0.630. The fourth-order valence-electron chi connectivity index (χ4n) is 1.85. The Balaban J connectivity index is 1.81. The SMILES string of the molecule is C=C1CC12OCC(c1ccccc1)O2. The third-order valence-electron chi connectivity index (χ3n) is 2.83. The normalized spacial score (nSPS) is 35.1. The molecule has 0 aromatic heterocycles. The van der Waals surface area contributed by atoms with E-state index >= 15 is 0 Å². The van der Waals surface area contributed by atoms with Crippen molar-refractivity contribution >= 4 is 0 Å². The van der Waals surface area contributed by atoms with Gasteiger partial charge in [0.05, 0.1) is 6.61 Å². The van der Waals surface area contributed by atoms with Gasteiger partial charge in [-0.3, -0.25) is 0 Å². The Hall–Kier alpha value is -1.12. The molecule has 2 fully saturated rings. The number of benzene rings is 1. The fourth-order valence-corrected chi connectivity index (χ4v) is 1.85. The van der Waals surface area contributed by atoms with E-state index in [1.54, 1.807) is 0 Å². The molecule has 0 bridgehead atoms. The van der Waals surface area contributed by atoms with Crippen LogP contribution in [0.25, 0.3) is 0 Å². The molecule has 0 N–H and O–H groups in total. The van der Waals surface area contributed by atoms with Crippen LogP contribution in [-0.4, -0.2) is 12.4 Å². The van der Waals surface area contributed by atoms with Crippen molar-refractivity contribution < 1.29 is 9.47 Å². The zero-order valence-corrected chi connectivity index (χ0v) is 7.90. The molecule has 3 rings (SSSR count). The van der Waals surface area contributed by atoms with Crippen LogP contribution >= 0.6 is 0 Å². The van der Waals surface area contributed by atoms with Crippen molar-refractivity contribution in [1.82, 2.24) is 0 Å².